The number of hydrogen-bond donors (Lipinski definition) is 1. The summed E-state index contributed by atoms with van der Waals surface area (Å²) in [5.74, 6) is -0.254. The summed E-state index contributed by atoms with van der Waals surface area (Å²) in [7, 11) is 0. The minimum Gasteiger partial charge on any atom is -0.435 e. The van der Waals surface area contributed by atoms with Crippen LogP contribution in [0, 0.1) is 31.0 Å². The van der Waals surface area contributed by atoms with Crippen molar-refractivity contribution in [3.05, 3.63) is 45.3 Å². The summed E-state index contributed by atoms with van der Waals surface area (Å²) in [6.45, 7) is 3.57. The summed E-state index contributed by atoms with van der Waals surface area (Å²) in [4.78, 5) is 4.16. The molecule has 0 amide bonds. The highest BCUT2D eigenvalue weighted by Crippen LogP contribution is 2.33. The zero-order valence-corrected chi connectivity index (χ0v) is 12.5. The van der Waals surface area contributed by atoms with E-state index in [1.807, 2.05) is 6.07 Å². The Morgan fingerprint density at radius 1 is 1.35 bits per heavy atom. The molecule has 1 heterocycles. The maximum atomic E-state index is 13.5. The highest BCUT2D eigenvalue weighted by Gasteiger charge is 2.14. The van der Waals surface area contributed by atoms with E-state index in [-0.39, 0.29) is 21.8 Å². The minimum absolute atomic E-state index is 0.124. The van der Waals surface area contributed by atoms with Gasteiger partial charge in [0.1, 0.15) is 17.4 Å². The lowest BCUT2D eigenvalue weighted by Crippen LogP contribution is -2.00. The number of benzene rings is 1. The number of rotatable bonds is 2. The highest BCUT2D eigenvalue weighted by molar-refractivity contribution is 9.10. The van der Waals surface area contributed by atoms with Crippen LogP contribution in [-0.2, 0) is 0 Å². The van der Waals surface area contributed by atoms with Crippen molar-refractivity contribution >= 4 is 21.6 Å². The number of ether oxygens (including phenoxy) is 1. The fourth-order valence-electron chi connectivity index (χ4n) is 1.75. The van der Waals surface area contributed by atoms with Crippen molar-refractivity contribution in [3.63, 3.8) is 0 Å². The summed E-state index contributed by atoms with van der Waals surface area (Å²) >= 11 is 3.04. The van der Waals surface area contributed by atoms with Crippen molar-refractivity contribution in [3.8, 4) is 17.7 Å². The van der Waals surface area contributed by atoms with Gasteiger partial charge in [0.15, 0.2) is 5.75 Å². The fraction of sp³-hybridized carbons (Fsp3) is 0.143. The summed E-state index contributed by atoms with van der Waals surface area (Å²) in [6, 6.07) is 6.36. The van der Waals surface area contributed by atoms with E-state index in [1.54, 1.807) is 19.9 Å². The van der Waals surface area contributed by atoms with E-state index in [9.17, 15) is 4.39 Å². The standard InChI is InChI=1S/C14H11BrFN3O/c1-7-3-8(2)19-14(9(7)6-17)20-13-5-11(16)10(15)4-12(13)18/h3-5H,18H2,1-2H3. The second kappa shape index (κ2) is 5.47. The van der Waals surface area contributed by atoms with Gasteiger partial charge in [-0.1, -0.05) is 0 Å². The lowest BCUT2D eigenvalue weighted by Gasteiger charge is -2.11. The molecule has 0 spiro atoms. The third-order valence-corrected chi connectivity index (χ3v) is 3.29. The second-order valence-electron chi connectivity index (χ2n) is 4.28. The Morgan fingerprint density at radius 2 is 2.05 bits per heavy atom. The van der Waals surface area contributed by atoms with Crippen LogP contribution in [0.25, 0.3) is 0 Å². The lowest BCUT2D eigenvalue weighted by molar-refractivity contribution is 0.456. The number of anilines is 1. The molecule has 0 saturated carbocycles. The van der Waals surface area contributed by atoms with Crippen molar-refractivity contribution in [2.24, 2.45) is 0 Å². The van der Waals surface area contributed by atoms with Crippen LogP contribution in [0.4, 0.5) is 10.1 Å². The topological polar surface area (TPSA) is 71.9 Å². The van der Waals surface area contributed by atoms with Gasteiger partial charge >= 0.3 is 0 Å². The summed E-state index contributed by atoms with van der Waals surface area (Å²) < 4.78 is 19.3. The number of hydrogen-bond acceptors (Lipinski definition) is 4. The quantitative estimate of drug-likeness (QED) is 0.846. The Bertz CT molecular complexity index is 725. The number of pyridine rings is 1. The number of nitrogens with zero attached hydrogens (tertiary/aromatic N) is 2. The molecule has 1 aromatic carbocycles. The van der Waals surface area contributed by atoms with Crippen LogP contribution in [0.15, 0.2) is 22.7 Å². The zero-order valence-electron chi connectivity index (χ0n) is 10.9. The van der Waals surface area contributed by atoms with E-state index in [1.165, 1.54) is 6.07 Å². The Labute approximate surface area is 124 Å². The molecule has 2 rings (SSSR count). The van der Waals surface area contributed by atoms with Crippen LogP contribution >= 0.6 is 15.9 Å². The smallest absolute Gasteiger partial charge is 0.237 e. The first kappa shape index (κ1) is 14.3. The van der Waals surface area contributed by atoms with Crippen LogP contribution in [0.5, 0.6) is 11.6 Å². The lowest BCUT2D eigenvalue weighted by atomic mass is 10.1. The Balaban J connectivity index is 2.51. The van der Waals surface area contributed by atoms with Crippen molar-refractivity contribution in [1.82, 2.24) is 4.98 Å². The second-order valence-corrected chi connectivity index (χ2v) is 5.13. The third-order valence-electron chi connectivity index (χ3n) is 2.68. The average Bonchev–Trinajstić information content (AvgIpc) is 2.35. The molecule has 0 saturated heterocycles. The first-order chi connectivity index (χ1) is 9.42. The number of aryl methyl sites for hydroxylation is 2. The molecule has 0 radical (unpaired) electrons. The molecule has 20 heavy (non-hydrogen) atoms. The molecule has 0 aliphatic carbocycles. The molecule has 0 aliphatic rings. The number of halogens is 2. The molecule has 0 aliphatic heterocycles. The maximum Gasteiger partial charge on any atom is 0.237 e. The molecule has 2 aromatic rings. The van der Waals surface area contributed by atoms with Gasteiger partial charge < -0.3 is 10.5 Å². The predicted molar refractivity (Wildman–Crippen MR) is 77.0 cm³/mol. The van der Waals surface area contributed by atoms with Crippen LogP contribution in [-0.4, -0.2) is 4.98 Å². The summed E-state index contributed by atoms with van der Waals surface area (Å²) in [6.07, 6.45) is 0. The number of nitrogens with two attached hydrogens (primary N) is 1. The molecular weight excluding hydrogens is 325 g/mol. The van der Waals surface area contributed by atoms with E-state index in [0.717, 1.165) is 11.6 Å². The molecule has 1 aromatic heterocycles. The van der Waals surface area contributed by atoms with Crippen molar-refractivity contribution in [1.29, 1.82) is 5.26 Å². The van der Waals surface area contributed by atoms with E-state index < -0.39 is 5.82 Å². The normalized spacial score (nSPS) is 10.2. The summed E-state index contributed by atoms with van der Waals surface area (Å²) in [5.41, 5.74) is 7.77. The van der Waals surface area contributed by atoms with Gasteiger partial charge in [0.2, 0.25) is 5.88 Å². The maximum absolute atomic E-state index is 13.5. The van der Waals surface area contributed by atoms with Gasteiger partial charge in [0.25, 0.3) is 0 Å². The van der Waals surface area contributed by atoms with Crippen molar-refractivity contribution < 1.29 is 9.13 Å². The molecule has 4 nitrogen and oxygen atoms in total. The van der Waals surface area contributed by atoms with Crippen LogP contribution in [0.1, 0.15) is 16.8 Å². The zero-order chi connectivity index (χ0) is 14.9. The summed E-state index contributed by atoms with van der Waals surface area (Å²) in [5, 5.41) is 9.15. The largest absolute Gasteiger partial charge is 0.435 e. The molecule has 0 atom stereocenters. The Hall–Kier alpha value is -2.13. The van der Waals surface area contributed by atoms with Gasteiger partial charge in [0, 0.05) is 11.8 Å². The van der Waals surface area contributed by atoms with E-state index >= 15 is 0 Å². The van der Waals surface area contributed by atoms with Crippen LogP contribution in [0.2, 0.25) is 0 Å². The predicted octanol–water partition coefficient (Wildman–Crippen LogP) is 3.85. The van der Waals surface area contributed by atoms with Crippen molar-refractivity contribution in [2.45, 2.75) is 13.8 Å². The minimum atomic E-state index is -0.503. The van der Waals surface area contributed by atoms with Crippen LogP contribution in [0.3, 0.4) is 0 Å². The van der Waals surface area contributed by atoms with Gasteiger partial charge in [0.05, 0.1) is 10.2 Å². The monoisotopic (exact) mass is 335 g/mol. The Kier molecular flexibility index (Phi) is 3.91. The molecule has 2 N–H and O–H groups in total. The molecule has 0 unspecified atom stereocenters. The molecular formula is C14H11BrFN3O. The van der Waals surface area contributed by atoms with Gasteiger partial charge in [-0.05, 0) is 47.5 Å². The van der Waals surface area contributed by atoms with Crippen molar-refractivity contribution in [2.75, 3.05) is 5.73 Å². The fourth-order valence-corrected chi connectivity index (χ4v) is 2.11. The molecule has 0 fully saturated rings. The average molecular weight is 336 g/mol. The first-order valence-electron chi connectivity index (χ1n) is 5.73. The SMILES string of the molecule is Cc1cc(C)c(C#N)c(Oc2cc(F)c(Br)cc2N)n1. The van der Waals surface area contributed by atoms with Gasteiger partial charge in [-0.15, -0.1) is 0 Å². The van der Waals surface area contributed by atoms with Gasteiger partial charge in [-0.25, -0.2) is 9.37 Å². The van der Waals surface area contributed by atoms with E-state index in [2.05, 4.69) is 20.9 Å². The number of nitrogen functional groups attached to an aromatic ring is 1. The van der Waals surface area contributed by atoms with Gasteiger partial charge in [-0.3, -0.25) is 0 Å². The van der Waals surface area contributed by atoms with Gasteiger partial charge in [-0.2, -0.15) is 5.26 Å². The third kappa shape index (κ3) is 2.73. The number of nitriles is 1. The van der Waals surface area contributed by atoms with E-state index in [0.29, 0.717) is 11.3 Å². The van der Waals surface area contributed by atoms with E-state index in [4.69, 9.17) is 15.7 Å². The molecule has 0 bridgehead atoms. The molecule has 102 valence electrons. The van der Waals surface area contributed by atoms with Crippen LogP contribution < -0.4 is 10.5 Å². The highest BCUT2D eigenvalue weighted by atomic mass is 79.9. The Morgan fingerprint density at radius 3 is 2.70 bits per heavy atom. The number of aromatic nitrogens is 1. The first-order valence-corrected chi connectivity index (χ1v) is 6.52. The molecule has 6 heteroatoms.